The standard InChI is InChI=1S/C12H14ClN3/c1-12(2,3)16-11-10(13)14-8-6-4-5-7-9(8)15-11/h4-7H,1-3H3,(H,15,16). The Hall–Kier alpha value is -1.35. The summed E-state index contributed by atoms with van der Waals surface area (Å²) in [6, 6.07) is 7.68. The molecule has 84 valence electrons. The smallest absolute Gasteiger partial charge is 0.172 e. The minimum absolute atomic E-state index is 0.0826. The topological polar surface area (TPSA) is 37.8 Å². The first-order valence-electron chi connectivity index (χ1n) is 5.16. The largest absolute Gasteiger partial charge is 0.363 e. The number of fused-ring (bicyclic) bond motifs is 1. The van der Waals surface area contributed by atoms with Gasteiger partial charge in [0.2, 0.25) is 0 Å². The molecule has 1 N–H and O–H groups in total. The molecule has 1 heterocycles. The number of anilines is 1. The molecule has 0 spiro atoms. The van der Waals surface area contributed by atoms with E-state index in [0.717, 1.165) is 11.0 Å². The number of nitrogens with zero attached hydrogens (tertiary/aromatic N) is 2. The number of nitrogens with one attached hydrogen (secondary N) is 1. The van der Waals surface area contributed by atoms with Gasteiger partial charge < -0.3 is 5.32 Å². The van der Waals surface area contributed by atoms with Crippen molar-refractivity contribution in [3.05, 3.63) is 29.4 Å². The third-order valence-electron chi connectivity index (χ3n) is 2.02. The molecule has 2 rings (SSSR count). The van der Waals surface area contributed by atoms with Crippen molar-refractivity contribution in [3.8, 4) is 0 Å². The summed E-state index contributed by atoms with van der Waals surface area (Å²) in [5.74, 6) is 0.632. The van der Waals surface area contributed by atoms with Gasteiger partial charge in [0, 0.05) is 5.54 Å². The number of rotatable bonds is 1. The third kappa shape index (κ3) is 2.42. The number of para-hydroxylation sites is 2. The van der Waals surface area contributed by atoms with Crippen molar-refractivity contribution in [1.29, 1.82) is 0 Å². The zero-order chi connectivity index (χ0) is 11.8. The predicted molar refractivity (Wildman–Crippen MR) is 67.9 cm³/mol. The number of hydrogen-bond acceptors (Lipinski definition) is 3. The van der Waals surface area contributed by atoms with E-state index < -0.39 is 0 Å². The minimum Gasteiger partial charge on any atom is -0.363 e. The van der Waals surface area contributed by atoms with Gasteiger partial charge in [-0.3, -0.25) is 0 Å². The molecule has 0 saturated heterocycles. The first-order chi connectivity index (χ1) is 7.46. The van der Waals surface area contributed by atoms with Gasteiger partial charge in [0.25, 0.3) is 0 Å². The molecule has 0 saturated carbocycles. The Morgan fingerprint density at radius 1 is 1.06 bits per heavy atom. The van der Waals surface area contributed by atoms with Gasteiger partial charge in [-0.25, -0.2) is 9.97 Å². The van der Waals surface area contributed by atoms with E-state index in [-0.39, 0.29) is 5.54 Å². The summed E-state index contributed by atoms with van der Waals surface area (Å²) in [7, 11) is 0. The van der Waals surface area contributed by atoms with Crippen molar-refractivity contribution in [2.45, 2.75) is 26.3 Å². The van der Waals surface area contributed by atoms with Crippen LogP contribution in [0.25, 0.3) is 11.0 Å². The second-order valence-electron chi connectivity index (χ2n) is 4.73. The van der Waals surface area contributed by atoms with E-state index in [1.165, 1.54) is 0 Å². The van der Waals surface area contributed by atoms with Crippen molar-refractivity contribution < 1.29 is 0 Å². The first kappa shape index (κ1) is 11.1. The molecule has 1 aromatic heterocycles. The number of hydrogen-bond donors (Lipinski definition) is 1. The molecule has 0 fully saturated rings. The highest BCUT2D eigenvalue weighted by Gasteiger charge is 2.14. The average molecular weight is 236 g/mol. The quantitative estimate of drug-likeness (QED) is 0.822. The molecule has 0 atom stereocenters. The maximum absolute atomic E-state index is 6.07. The summed E-state index contributed by atoms with van der Waals surface area (Å²) < 4.78 is 0. The van der Waals surface area contributed by atoms with E-state index in [1.807, 2.05) is 24.3 Å². The Kier molecular flexibility index (Phi) is 2.72. The first-order valence-corrected chi connectivity index (χ1v) is 5.54. The zero-order valence-electron chi connectivity index (χ0n) is 9.58. The van der Waals surface area contributed by atoms with Crippen molar-refractivity contribution in [1.82, 2.24) is 9.97 Å². The summed E-state index contributed by atoms with van der Waals surface area (Å²) in [5, 5.41) is 3.65. The fourth-order valence-corrected chi connectivity index (χ4v) is 1.59. The minimum atomic E-state index is -0.0826. The Morgan fingerprint density at radius 3 is 2.19 bits per heavy atom. The van der Waals surface area contributed by atoms with Crippen LogP contribution in [0.1, 0.15) is 20.8 Å². The van der Waals surface area contributed by atoms with Crippen LogP contribution < -0.4 is 5.32 Å². The van der Waals surface area contributed by atoms with Gasteiger partial charge in [-0.2, -0.15) is 0 Å². The molecule has 0 aliphatic heterocycles. The molecule has 4 heteroatoms. The van der Waals surface area contributed by atoms with Crippen molar-refractivity contribution >= 4 is 28.5 Å². The van der Waals surface area contributed by atoms with E-state index in [1.54, 1.807) is 0 Å². The monoisotopic (exact) mass is 235 g/mol. The van der Waals surface area contributed by atoms with Gasteiger partial charge in [0.05, 0.1) is 11.0 Å². The molecule has 0 unspecified atom stereocenters. The SMILES string of the molecule is CC(C)(C)Nc1nc2ccccc2nc1Cl. The molecule has 2 aromatic rings. The molecular weight excluding hydrogens is 222 g/mol. The normalized spacial score (nSPS) is 11.8. The van der Waals surface area contributed by atoms with Crippen LogP contribution in [0.4, 0.5) is 5.82 Å². The summed E-state index contributed by atoms with van der Waals surface area (Å²) in [5.41, 5.74) is 1.58. The summed E-state index contributed by atoms with van der Waals surface area (Å²) in [4.78, 5) is 8.75. The van der Waals surface area contributed by atoms with E-state index in [0.29, 0.717) is 11.0 Å². The fraction of sp³-hybridized carbons (Fsp3) is 0.333. The number of benzene rings is 1. The van der Waals surface area contributed by atoms with Gasteiger partial charge in [-0.15, -0.1) is 0 Å². The van der Waals surface area contributed by atoms with E-state index >= 15 is 0 Å². The molecular formula is C12H14ClN3. The molecule has 1 aromatic carbocycles. The van der Waals surface area contributed by atoms with E-state index in [4.69, 9.17) is 11.6 Å². The van der Waals surface area contributed by atoms with Crippen molar-refractivity contribution in [3.63, 3.8) is 0 Å². The van der Waals surface area contributed by atoms with Gasteiger partial charge in [-0.1, -0.05) is 23.7 Å². The highest BCUT2D eigenvalue weighted by atomic mass is 35.5. The molecule has 0 aliphatic rings. The Morgan fingerprint density at radius 2 is 1.62 bits per heavy atom. The Labute approximate surface area is 99.9 Å². The van der Waals surface area contributed by atoms with E-state index in [2.05, 4.69) is 36.1 Å². The lowest BCUT2D eigenvalue weighted by molar-refractivity contribution is 0.630. The van der Waals surface area contributed by atoms with Gasteiger partial charge >= 0.3 is 0 Å². The van der Waals surface area contributed by atoms with Crippen LogP contribution in [0.5, 0.6) is 0 Å². The van der Waals surface area contributed by atoms with Crippen LogP contribution in [0.3, 0.4) is 0 Å². The van der Waals surface area contributed by atoms with Crippen LogP contribution in [0, 0.1) is 0 Å². The summed E-state index contributed by atoms with van der Waals surface area (Å²) in [6.45, 7) is 6.17. The second kappa shape index (κ2) is 3.91. The highest BCUT2D eigenvalue weighted by Crippen LogP contribution is 2.23. The number of aromatic nitrogens is 2. The van der Waals surface area contributed by atoms with Crippen LogP contribution in [0.2, 0.25) is 5.15 Å². The molecule has 16 heavy (non-hydrogen) atoms. The summed E-state index contributed by atoms with van der Waals surface area (Å²) in [6.07, 6.45) is 0. The average Bonchev–Trinajstić information content (AvgIpc) is 2.17. The fourth-order valence-electron chi connectivity index (χ4n) is 1.41. The third-order valence-corrected chi connectivity index (χ3v) is 2.28. The van der Waals surface area contributed by atoms with Crippen molar-refractivity contribution in [2.75, 3.05) is 5.32 Å². The maximum Gasteiger partial charge on any atom is 0.172 e. The highest BCUT2D eigenvalue weighted by molar-refractivity contribution is 6.32. The van der Waals surface area contributed by atoms with Gasteiger partial charge in [-0.05, 0) is 32.9 Å². The molecule has 0 bridgehead atoms. The Balaban J connectivity index is 2.50. The van der Waals surface area contributed by atoms with Crippen LogP contribution in [-0.2, 0) is 0 Å². The Bertz CT molecular complexity index is 517. The van der Waals surface area contributed by atoms with Crippen LogP contribution >= 0.6 is 11.6 Å². The lowest BCUT2D eigenvalue weighted by atomic mass is 10.1. The van der Waals surface area contributed by atoms with Gasteiger partial charge in [0.15, 0.2) is 11.0 Å². The van der Waals surface area contributed by atoms with E-state index in [9.17, 15) is 0 Å². The van der Waals surface area contributed by atoms with Crippen LogP contribution in [-0.4, -0.2) is 15.5 Å². The van der Waals surface area contributed by atoms with Gasteiger partial charge in [0.1, 0.15) is 0 Å². The summed E-state index contributed by atoms with van der Waals surface area (Å²) >= 11 is 6.07. The maximum atomic E-state index is 6.07. The molecule has 0 aliphatic carbocycles. The second-order valence-corrected chi connectivity index (χ2v) is 5.08. The molecule has 0 amide bonds. The zero-order valence-corrected chi connectivity index (χ0v) is 10.3. The lowest BCUT2D eigenvalue weighted by Gasteiger charge is -2.21. The van der Waals surface area contributed by atoms with Crippen LogP contribution in [0.15, 0.2) is 24.3 Å². The number of halogens is 1. The predicted octanol–water partition coefficient (Wildman–Crippen LogP) is 3.49. The lowest BCUT2D eigenvalue weighted by Crippen LogP contribution is -2.27. The van der Waals surface area contributed by atoms with Crippen molar-refractivity contribution in [2.24, 2.45) is 0 Å². The molecule has 3 nitrogen and oxygen atoms in total. The molecule has 0 radical (unpaired) electrons.